The smallest absolute Gasteiger partial charge is 0.338 e. The molecule has 11 rings (SSSR count). The molecule has 4 aliphatic heterocycles. The average Bonchev–Trinajstić information content (AvgIpc) is 1.69. The Balaban J connectivity index is 1.03. The monoisotopic (exact) mass is 1440 g/mol. The van der Waals surface area contributed by atoms with Crippen molar-refractivity contribution in [2.24, 2.45) is 0 Å². The van der Waals surface area contributed by atoms with Crippen molar-refractivity contribution in [3.63, 3.8) is 0 Å². The topological polar surface area (TPSA) is 285 Å². The Morgan fingerprint density at radius 1 is 0.438 bits per heavy atom. The summed E-state index contributed by atoms with van der Waals surface area (Å²) in [7, 11) is 2.81. The first-order valence-electron chi connectivity index (χ1n) is 35.2. The first-order valence-corrected chi connectivity index (χ1v) is 35.2. The number of hydrogen-bond acceptors (Lipinski definition) is 23. The number of carbonyl (C=O) groups is 6. The van der Waals surface area contributed by atoms with E-state index in [1.165, 1.54) is 45.4 Å². The molecule has 15 atom stereocenters. The Bertz CT molecular complexity index is 3840. The summed E-state index contributed by atoms with van der Waals surface area (Å²) >= 11 is 0. The molecule has 2 amide bonds. The van der Waals surface area contributed by atoms with Crippen LogP contribution in [0.25, 0.3) is 0 Å². The first kappa shape index (κ1) is 77.1. The van der Waals surface area contributed by atoms with Crippen molar-refractivity contribution in [2.45, 2.75) is 171 Å². The van der Waals surface area contributed by atoms with E-state index >= 15 is 0 Å². The summed E-state index contributed by atoms with van der Waals surface area (Å²) in [4.78, 5) is 85.0. The molecular formula is C81H89NO23. The molecule has 0 radical (unpaired) electrons. The number of ether oxygens (including phenoxy) is 15. The van der Waals surface area contributed by atoms with Crippen LogP contribution in [0.5, 0.6) is 5.75 Å². The summed E-state index contributed by atoms with van der Waals surface area (Å²) < 4.78 is 99.2. The molecule has 0 unspecified atom stereocenters. The molecule has 0 aliphatic carbocycles. The van der Waals surface area contributed by atoms with Crippen molar-refractivity contribution in [3.8, 4) is 5.75 Å². The number of nitrogens with zero attached hydrogens (tertiary/aromatic N) is 1. The number of Topliss-reactive ketones (excluding diaryl/α,β-unsaturated/α-hetero) is 1. The molecule has 0 bridgehead atoms. The number of unbranched alkanes of at least 4 members (excludes halogenated alkanes) is 2. The second-order valence-electron chi connectivity index (χ2n) is 25.8. The minimum Gasteiger partial charge on any atom is -0.497 e. The molecule has 4 heterocycles. The van der Waals surface area contributed by atoms with Gasteiger partial charge in [0.15, 0.2) is 31.1 Å². The number of methoxy groups -OCH3 is 2. The van der Waals surface area contributed by atoms with Crippen LogP contribution in [0.3, 0.4) is 0 Å². The molecule has 7 aromatic rings. The van der Waals surface area contributed by atoms with Crippen LogP contribution < -0.4 is 4.74 Å². The van der Waals surface area contributed by atoms with Gasteiger partial charge in [-0.25, -0.2) is 4.79 Å². The molecule has 0 spiro atoms. The second kappa shape index (κ2) is 38.9. The fourth-order valence-corrected chi connectivity index (χ4v) is 12.9. The molecule has 2 N–H and O–H groups in total. The second-order valence-corrected chi connectivity index (χ2v) is 25.8. The minimum absolute atomic E-state index is 0.0130. The molecule has 24 nitrogen and oxygen atoms in total. The van der Waals surface area contributed by atoms with Gasteiger partial charge in [-0.15, -0.1) is 0 Å². The largest absolute Gasteiger partial charge is 0.497 e. The number of benzene rings is 7. The Labute approximate surface area is 609 Å². The minimum atomic E-state index is -1.98. The predicted octanol–water partition coefficient (Wildman–Crippen LogP) is 9.40. The number of carbonyl (C=O) groups excluding carboxylic acids is 6. The normalized spacial score (nSPS) is 25.1. The van der Waals surface area contributed by atoms with E-state index in [0.29, 0.717) is 30.6 Å². The van der Waals surface area contributed by atoms with E-state index in [1.54, 1.807) is 54.6 Å². The molecule has 24 heteroatoms. The summed E-state index contributed by atoms with van der Waals surface area (Å²) in [6.07, 6.45) is -20.4. The summed E-state index contributed by atoms with van der Waals surface area (Å²) in [5.41, 5.74) is 4.01. The van der Waals surface area contributed by atoms with Gasteiger partial charge in [-0.05, 0) is 84.0 Å². The van der Waals surface area contributed by atoms with Crippen LogP contribution in [0.1, 0.15) is 104 Å². The van der Waals surface area contributed by atoms with Crippen molar-refractivity contribution < 1.29 is 110 Å². The van der Waals surface area contributed by atoms with E-state index in [1.807, 2.05) is 121 Å². The summed E-state index contributed by atoms with van der Waals surface area (Å²) in [5, 5.41) is 23.9. The van der Waals surface area contributed by atoms with Crippen molar-refractivity contribution >= 4 is 35.5 Å². The van der Waals surface area contributed by atoms with Gasteiger partial charge < -0.3 is 86.1 Å². The van der Waals surface area contributed by atoms with Crippen LogP contribution in [0.2, 0.25) is 0 Å². The molecule has 0 saturated carbocycles. The van der Waals surface area contributed by atoms with E-state index in [2.05, 4.69) is 0 Å². The Hall–Kier alpha value is -8.96. The lowest BCUT2D eigenvalue weighted by Gasteiger charge is -2.50. The highest BCUT2D eigenvalue weighted by Crippen LogP contribution is 2.40. The number of aliphatic hydroxyl groups excluding tert-OH is 2. The highest BCUT2D eigenvalue weighted by Gasteiger charge is 2.59. The summed E-state index contributed by atoms with van der Waals surface area (Å²) in [6.45, 7) is -0.166. The maximum atomic E-state index is 14.9. The molecule has 7 aromatic carbocycles. The van der Waals surface area contributed by atoms with Crippen molar-refractivity contribution in [3.05, 3.63) is 245 Å². The van der Waals surface area contributed by atoms with Gasteiger partial charge in [-0.3, -0.25) is 24.1 Å². The number of rotatable bonds is 37. The number of imide groups is 1. The third kappa shape index (κ3) is 20.8. The lowest BCUT2D eigenvalue weighted by molar-refractivity contribution is -0.363. The van der Waals surface area contributed by atoms with Gasteiger partial charge >= 0.3 is 17.9 Å². The fraction of sp³-hybridized carbons (Fsp3) is 0.407. The molecule has 556 valence electrons. The Morgan fingerprint density at radius 2 is 0.933 bits per heavy atom. The van der Waals surface area contributed by atoms with E-state index in [9.17, 15) is 39.0 Å². The maximum Gasteiger partial charge on any atom is 0.338 e. The highest BCUT2D eigenvalue weighted by atomic mass is 16.8. The molecular weight excluding hydrogens is 1350 g/mol. The molecule has 3 fully saturated rings. The summed E-state index contributed by atoms with van der Waals surface area (Å²) in [6, 6.07) is 57.4. The van der Waals surface area contributed by atoms with Crippen LogP contribution >= 0.6 is 0 Å². The molecule has 0 aromatic heterocycles. The van der Waals surface area contributed by atoms with Crippen molar-refractivity contribution in [1.82, 2.24) is 4.90 Å². The van der Waals surface area contributed by atoms with Gasteiger partial charge in [-0.1, -0.05) is 170 Å². The Kier molecular flexibility index (Phi) is 28.6. The first-order chi connectivity index (χ1) is 51.3. The Morgan fingerprint density at radius 3 is 1.49 bits per heavy atom. The van der Waals surface area contributed by atoms with Gasteiger partial charge in [-0.2, -0.15) is 0 Å². The maximum absolute atomic E-state index is 14.9. The standard InChI is InChI=1S/C81H89NO23/c1-52(84)37-42-66(86)103-70-64(51-99-80-74(98-48-56-30-16-7-17-31-56)72(96-47-55-28-14-6-15-29-55)69(95-46-54-26-12-5-13-27-54)63(101-80)50-93-45-53-24-10-4-11-25-53)102-81(75(104-78(90)58-32-18-8-19-33-58)73(70)97-49-57-38-40-59(91-2)41-39-57)105-71-67(82-76(88)60-34-21-22-35-61(60)77(82)89)79(100-62(44-83)68(71)87)94-43-23-9-20-36-65(85)92-3/h4-8,10-19,21-22,24-35,38-41,62-64,67-75,79-81,83,87H,9,20,23,36-37,42-51H2,1-3H3/t62-,63-,64-,67-,68-,69+,70+,71-,72+,73+,74-,75-,79-,80+,81+/m1/s1. The van der Waals surface area contributed by atoms with Crippen molar-refractivity contribution in [1.29, 1.82) is 0 Å². The fourth-order valence-electron chi connectivity index (χ4n) is 12.9. The van der Waals surface area contributed by atoms with Crippen LogP contribution in [0.4, 0.5) is 0 Å². The number of amides is 2. The van der Waals surface area contributed by atoms with Crippen LogP contribution in [-0.2, 0) is 114 Å². The third-order valence-corrected chi connectivity index (χ3v) is 18.4. The number of ketones is 1. The van der Waals surface area contributed by atoms with Gasteiger partial charge in [0.25, 0.3) is 11.8 Å². The SMILES string of the molecule is COC(=O)CCCCCO[C@@H]1O[C@H](CO)[C@@H](O)[C@H](O[C@@H]2O[C@H](CO[C@H]3O[C@H](COCc4ccccc4)[C@H](OCc4ccccc4)[C@H](OCc4ccccc4)[C@H]3OCc3ccccc3)[C@H](OC(=O)CCC(C)=O)[C@H](OCc3ccc(OC)cc3)[C@H]2OC(=O)c2ccccc2)[C@H]1N1C(=O)c2ccccc2C1=O. The molecule has 105 heavy (non-hydrogen) atoms. The zero-order valence-electron chi connectivity index (χ0n) is 58.7. The van der Waals surface area contributed by atoms with Crippen LogP contribution in [0.15, 0.2) is 200 Å². The van der Waals surface area contributed by atoms with Gasteiger partial charge in [0.05, 0.1) is 90.2 Å². The van der Waals surface area contributed by atoms with Crippen LogP contribution in [-0.4, -0.2) is 183 Å². The summed E-state index contributed by atoms with van der Waals surface area (Å²) in [5.74, 6) is -3.65. The molecule has 4 aliphatic rings. The number of aliphatic hydroxyl groups is 2. The highest BCUT2D eigenvalue weighted by molar-refractivity contribution is 6.21. The number of hydrogen-bond donors (Lipinski definition) is 2. The average molecular weight is 1440 g/mol. The van der Waals surface area contributed by atoms with Crippen molar-refractivity contribution in [2.75, 3.05) is 40.6 Å². The van der Waals surface area contributed by atoms with Gasteiger partial charge in [0.2, 0.25) is 0 Å². The van der Waals surface area contributed by atoms with E-state index in [-0.39, 0.29) is 81.6 Å². The number of fused-ring (bicyclic) bond motifs is 1. The van der Waals surface area contributed by atoms with E-state index < -0.39 is 141 Å². The third-order valence-electron chi connectivity index (χ3n) is 18.4. The van der Waals surface area contributed by atoms with Gasteiger partial charge in [0, 0.05) is 19.4 Å². The van der Waals surface area contributed by atoms with Gasteiger partial charge in [0.1, 0.15) is 72.5 Å². The predicted molar refractivity (Wildman–Crippen MR) is 375 cm³/mol. The zero-order chi connectivity index (χ0) is 73.4. The number of esters is 3. The van der Waals surface area contributed by atoms with E-state index in [0.717, 1.165) is 27.2 Å². The lowest BCUT2D eigenvalue weighted by atomic mass is 9.94. The zero-order valence-corrected chi connectivity index (χ0v) is 58.7. The lowest BCUT2D eigenvalue weighted by Crippen LogP contribution is -2.69. The molecule has 3 saturated heterocycles. The quantitative estimate of drug-likeness (QED) is 0.0159. The van der Waals surface area contributed by atoms with E-state index in [4.69, 9.17) is 71.1 Å². The van der Waals surface area contributed by atoms with Crippen LogP contribution in [0, 0.1) is 0 Å².